The van der Waals surface area contributed by atoms with Crippen LogP contribution >= 0.6 is 0 Å². The summed E-state index contributed by atoms with van der Waals surface area (Å²) in [4.78, 5) is 27.8. The Morgan fingerprint density at radius 3 is 2.18 bits per heavy atom. The summed E-state index contributed by atoms with van der Waals surface area (Å²) in [5, 5.41) is 2.90. The Balaban J connectivity index is 2.64. The van der Waals surface area contributed by atoms with Crippen LogP contribution in [0.3, 0.4) is 0 Å². The molecule has 0 saturated heterocycles. The minimum absolute atomic E-state index is 0.0442. The fraction of sp³-hybridized carbons (Fsp3) is 0.529. The smallest absolute Gasteiger partial charge is 0.243 e. The molecule has 1 aromatic carbocycles. The van der Waals surface area contributed by atoms with Gasteiger partial charge in [-0.3, -0.25) is 14.5 Å². The number of likely N-dealkylation sites (N-methyl/N-ethyl adjacent to an activating group) is 2. The SMILES string of the molecule is C[C@H](C(=O)N(C)c1ccccc1)N(C)CC(=O)NC(C)(C)C. The van der Waals surface area contributed by atoms with Gasteiger partial charge in [0.15, 0.2) is 0 Å². The van der Waals surface area contributed by atoms with Gasteiger partial charge in [-0.15, -0.1) is 0 Å². The average Bonchev–Trinajstić information content (AvgIpc) is 2.43. The van der Waals surface area contributed by atoms with E-state index in [4.69, 9.17) is 0 Å². The number of amides is 2. The molecule has 1 aromatic rings. The minimum Gasteiger partial charge on any atom is -0.350 e. The van der Waals surface area contributed by atoms with Gasteiger partial charge < -0.3 is 10.2 Å². The summed E-state index contributed by atoms with van der Waals surface area (Å²) in [5.74, 6) is -0.130. The molecule has 0 saturated carbocycles. The summed E-state index contributed by atoms with van der Waals surface area (Å²) < 4.78 is 0. The highest BCUT2D eigenvalue weighted by Crippen LogP contribution is 2.13. The average molecular weight is 305 g/mol. The molecule has 122 valence electrons. The second kappa shape index (κ2) is 7.40. The second-order valence-electron chi connectivity index (χ2n) is 6.62. The number of carbonyl (C=O) groups excluding carboxylic acids is 2. The van der Waals surface area contributed by atoms with Crippen molar-refractivity contribution in [3.63, 3.8) is 0 Å². The van der Waals surface area contributed by atoms with E-state index < -0.39 is 0 Å². The number of hydrogen-bond donors (Lipinski definition) is 1. The Labute approximate surface area is 133 Å². The first-order chi connectivity index (χ1) is 10.1. The van der Waals surface area contributed by atoms with E-state index in [2.05, 4.69) is 5.32 Å². The summed E-state index contributed by atoms with van der Waals surface area (Å²) in [5.41, 5.74) is 0.568. The summed E-state index contributed by atoms with van der Waals surface area (Å²) in [6.07, 6.45) is 0. The van der Waals surface area contributed by atoms with Crippen molar-refractivity contribution in [1.29, 1.82) is 0 Å². The first-order valence-electron chi connectivity index (χ1n) is 7.45. The zero-order valence-electron chi connectivity index (χ0n) is 14.4. The molecule has 0 fully saturated rings. The monoisotopic (exact) mass is 305 g/mol. The van der Waals surface area contributed by atoms with Crippen LogP contribution in [0.25, 0.3) is 0 Å². The largest absolute Gasteiger partial charge is 0.350 e. The number of anilines is 1. The first-order valence-corrected chi connectivity index (χ1v) is 7.45. The molecule has 0 heterocycles. The summed E-state index contributed by atoms with van der Waals surface area (Å²) in [6.45, 7) is 7.80. The standard InChI is InChI=1S/C17H27N3O2/c1-13(19(5)12-15(21)18-17(2,3)4)16(22)20(6)14-10-8-7-9-11-14/h7-11,13H,12H2,1-6H3,(H,18,21)/t13-/m1/s1. The Bertz CT molecular complexity index is 508. The van der Waals surface area contributed by atoms with Crippen molar-refractivity contribution < 1.29 is 9.59 Å². The van der Waals surface area contributed by atoms with E-state index in [1.165, 1.54) is 0 Å². The molecule has 5 nitrogen and oxygen atoms in total. The lowest BCUT2D eigenvalue weighted by atomic mass is 10.1. The molecular weight excluding hydrogens is 278 g/mol. The highest BCUT2D eigenvalue weighted by atomic mass is 16.2. The van der Waals surface area contributed by atoms with E-state index in [0.29, 0.717) is 0 Å². The van der Waals surface area contributed by atoms with E-state index in [1.54, 1.807) is 23.9 Å². The van der Waals surface area contributed by atoms with Crippen LogP contribution in [0.2, 0.25) is 0 Å². The summed E-state index contributed by atoms with van der Waals surface area (Å²) in [6, 6.07) is 9.09. The number of rotatable bonds is 5. The molecule has 1 rings (SSSR count). The molecular formula is C17H27N3O2. The number of hydrogen-bond acceptors (Lipinski definition) is 3. The quantitative estimate of drug-likeness (QED) is 0.904. The van der Waals surface area contributed by atoms with Gasteiger partial charge in [0.2, 0.25) is 11.8 Å². The van der Waals surface area contributed by atoms with Gasteiger partial charge in [0.25, 0.3) is 0 Å². The lowest BCUT2D eigenvalue weighted by molar-refractivity contribution is -0.126. The van der Waals surface area contributed by atoms with Crippen molar-refractivity contribution in [3.8, 4) is 0 Å². The highest BCUT2D eigenvalue weighted by molar-refractivity contribution is 5.96. The number of carbonyl (C=O) groups is 2. The third-order valence-corrected chi connectivity index (χ3v) is 3.40. The maximum Gasteiger partial charge on any atom is 0.243 e. The predicted octanol–water partition coefficient (Wildman–Crippen LogP) is 1.88. The molecule has 0 aliphatic carbocycles. The van der Waals surface area contributed by atoms with Crippen LogP contribution in [-0.4, -0.2) is 48.9 Å². The van der Waals surface area contributed by atoms with Crippen LogP contribution in [0.15, 0.2) is 30.3 Å². The van der Waals surface area contributed by atoms with Gasteiger partial charge in [0.1, 0.15) is 0 Å². The van der Waals surface area contributed by atoms with Crippen molar-refractivity contribution in [1.82, 2.24) is 10.2 Å². The normalized spacial score (nSPS) is 12.9. The Morgan fingerprint density at radius 1 is 1.14 bits per heavy atom. The zero-order valence-corrected chi connectivity index (χ0v) is 14.4. The van der Waals surface area contributed by atoms with Crippen molar-refractivity contribution in [2.24, 2.45) is 0 Å². The third kappa shape index (κ3) is 5.48. The fourth-order valence-corrected chi connectivity index (χ4v) is 2.07. The van der Waals surface area contributed by atoms with Crippen LogP contribution < -0.4 is 10.2 Å². The minimum atomic E-state index is -0.379. The molecule has 22 heavy (non-hydrogen) atoms. The molecule has 0 radical (unpaired) electrons. The number of benzene rings is 1. The van der Waals surface area contributed by atoms with E-state index in [0.717, 1.165) is 5.69 Å². The van der Waals surface area contributed by atoms with E-state index >= 15 is 0 Å². The molecule has 1 atom stereocenters. The van der Waals surface area contributed by atoms with Crippen molar-refractivity contribution in [3.05, 3.63) is 30.3 Å². The van der Waals surface area contributed by atoms with E-state index in [1.807, 2.05) is 58.0 Å². The van der Waals surface area contributed by atoms with Gasteiger partial charge >= 0.3 is 0 Å². The van der Waals surface area contributed by atoms with Gasteiger partial charge in [0, 0.05) is 18.3 Å². The molecule has 0 unspecified atom stereocenters. The van der Waals surface area contributed by atoms with Crippen molar-refractivity contribution >= 4 is 17.5 Å². The summed E-state index contributed by atoms with van der Waals surface area (Å²) in [7, 11) is 3.53. The first kappa shape index (κ1) is 18.2. The van der Waals surface area contributed by atoms with Crippen LogP contribution in [0.1, 0.15) is 27.7 Å². The van der Waals surface area contributed by atoms with Crippen LogP contribution in [0, 0.1) is 0 Å². The second-order valence-corrected chi connectivity index (χ2v) is 6.62. The maximum absolute atomic E-state index is 12.5. The van der Waals surface area contributed by atoms with E-state index in [9.17, 15) is 9.59 Å². The molecule has 0 aliphatic rings. The highest BCUT2D eigenvalue weighted by Gasteiger charge is 2.24. The maximum atomic E-state index is 12.5. The lowest BCUT2D eigenvalue weighted by Gasteiger charge is -2.29. The number of nitrogens with zero attached hydrogens (tertiary/aromatic N) is 2. The van der Waals surface area contributed by atoms with Gasteiger partial charge in [0.05, 0.1) is 12.6 Å². The fourth-order valence-electron chi connectivity index (χ4n) is 2.07. The van der Waals surface area contributed by atoms with Gasteiger partial charge in [-0.1, -0.05) is 18.2 Å². The van der Waals surface area contributed by atoms with Gasteiger partial charge in [-0.25, -0.2) is 0 Å². The Hall–Kier alpha value is -1.88. The Kier molecular flexibility index (Phi) is 6.11. The Morgan fingerprint density at radius 2 is 1.68 bits per heavy atom. The molecule has 2 amide bonds. The molecule has 0 spiro atoms. The molecule has 1 N–H and O–H groups in total. The molecule has 0 bridgehead atoms. The lowest BCUT2D eigenvalue weighted by Crippen LogP contribution is -2.50. The third-order valence-electron chi connectivity index (χ3n) is 3.40. The predicted molar refractivity (Wildman–Crippen MR) is 89.8 cm³/mol. The van der Waals surface area contributed by atoms with Crippen LogP contribution in [-0.2, 0) is 9.59 Å². The summed E-state index contributed by atoms with van der Waals surface area (Å²) >= 11 is 0. The van der Waals surface area contributed by atoms with Crippen LogP contribution in [0.4, 0.5) is 5.69 Å². The van der Waals surface area contributed by atoms with Gasteiger partial charge in [-0.2, -0.15) is 0 Å². The number of nitrogens with one attached hydrogen (secondary N) is 1. The zero-order chi connectivity index (χ0) is 16.9. The molecule has 5 heteroatoms. The van der Waals surface area contributed by atoms with Crippen molar-refractivity contribution in [2.75, 3.05) is 25.5 Å². The number of para-hydroxylation sites is 1. The van der Waals surface area contributed by atoms with Crippen molar-refractivity contribution in [2.45, 2.75) is 39.3 Å². The molecule has 0 aromatic heterocycles. The van der Waals surface area contributed by atoms with Crippen LogP contribution in [0.5, 0.6) is 0 Å². The topological polar surface area (TPSA) is 52.7 Å². The van der Waals surface area contributed by atoms with E-state index in [-0.39, 0.29) is 29.9 Å². The molecule has 0 aliphatic heterocycles. The van der Waals surface area contributed by atoms with Gasteiger partial charge in [-0.05, 0) is 46.9 Å².